The van der Waals surface area contributed by atoms with Crippen LogP contribution in [-0.2, 0) is 4.79 Å². The van der Waals surface area contributed by atoms with Crippen LogP contribution in [0.3, 0.4) is 0 Å². The Balaban J connectivity index is 3.63. The highest BCUT2D eigenvalue weighted by atomic mass is 16.4. The zero-order valence-electron chi connectivity index (χ0n) is 7.16. The Kier molecular flexibility index (Phi) is 6.09. The van der Waals surface area contributed by atoms with Gasteiger partial charge in [-0.2, -0.15) is 0 Å². The van der Waals surface area contributed by atoms with Crippen LogP contribution in [0.15, 0.2) is 12.3 Å². The average molecular weight is 173 g/mol. The van der Waals surface area contributed by atoms with Crippen LogP contribution in [0.2, 0.25) is 0 Å². The van der Waals surface area contributed by atoms with Crippen LogP contribution in [0.5, 0.6) is 0 Å². The van der Waals surface area contributed by atoms with Crippen LogP contribution in [0.1, 0.15) is 19.8 Å². The fraction of sp³-hybridized carbons (Fsp3) is 0.625. The minimum absolute atomic E-state index is 0.117. The molecule has 70 valence electrons. The van der Waals surface area contributed by atoms with Gasteiger partial charge in [0.05, 0.1) is 0 Å². The van der Waals surface area contributed by atoms with E-state index in [1.54, 1.807) is 0 Å². The monoisotopic (exact) mass is 173 g/mol. The maximum Gasteiger partial charge on any atom is 0.329 e. The Morgan fingerprint density at radius 2 is 2.33 bits per heavy atom. The molecule has 0 fully saturated rings. The van der Waals surface area contributed by atoms with E-state index in [1.165, 1.54) is 6.20 Å². The highest BCUT2D eigenvalue weighted by molar-refractivity contribution is 5.79. The molecule has 0 rings (SSSR count). The largest absolute Gasteiger partial charge is 0.478 e. The molecule has 0 saturated carbocycles. The third-order valence-electron chi connectivity index (χ3n) is 1.53. The Labute approximate surface area is 71.9 Å². The molecule has 0 radical (unpaired) electrons. The first-order chi connectivity index (χ1) is 5.70. The molecule has 0 aliphatic heterocycles. The third-order valence-corrected chi connectivity index (χ3v) is 1.53. The van der Waals surface area contributed by atoms with Gasteiger partial charge in [0.25, 0.3) is 0 Å². The molecule has 0 bridgehead atoms. The maximum atomic E-state index is 10.1. The first kappa shape index (κ1) is 11.0. The molecular weight excluding hydrogens is 158 g/mol. The lowest BCUT2D eigenvalue weighted by atomic mass is 10.2. The molecule has 0 amide bonds. The van der Waals surface area contributed by atoms with E-state index in [0.29, 0.717) is 6.42 Å². The second-order valence-electron chi connectivity index (χ2n) is 2.46. The van der Waals surface area contributed by atoms with E-state index < -0.39 is 5.97 Å². The lowest BCUT2D eigenvalue weighted by molar-refractivity contribution is -0.131. The summed E-state index contributed by atoms with van der Waals surface area (Å²) in [6.45, 7) is 2.09. The number of hydrogen-bond donors (Lipinski definition) is 3. The van der Waals surface area contributed by atoms with Gasteiger partial charge in [-0.1, -0.05) is 6.92 Å². The number of hydrogen-bond acceptors (Lipinski definition) is 3. The predicted molar refractivity (Wildman–Crippen MR) is 45.7 cm³/mol. The van der Waals surface area contributed by atoms with Crippen LogP contribution in [0.4, 0.5) is 0 Å². The smallest absolute Gasteiger partial charge is 0.329 e. The van der Waals surface area contributed by atoms with Crippen LogP contribution in [-0.4, -0.2) is 28.8 Å². The van der Waals surface area contributed by atoms with Gasteiger partial charge >= 0.3 is 5.97 Å². The molecule has 0 aromatic rings. The second kappa shape index (κ2) is 6.67. The molecule has 0 aliphatic carbocycles. The van der Waals surface area contributed by atoms with Gasteiger partial charge < -0.3 is 15.5 Å². The van der Waals surface area contributed by atoms with Gasteiger partial charge in [0.2, 0.25) is 0 Å². The quantitative estimate of drug-likeness (QED) is 0.506. The zero-order valence-corrected chi connectivity index (χ0v) is 7.16. The molecule has 3 N–H and O–H groups in total. The number of aliphatic hydroxyl groups excluding tert-OH is 1. The van der Waals surface area contributed by atoms with E-state index in [4.69, 9.17) is 10.2 Å². The van der Waals surface area contributed by atoms with Crippen LogP contribution < -0.4 is 5.32 Å². The first-order valence-corrected chi connectivity index (χ1v) is 3.97. The summed E-state index contributed by atoms with van der Waals surface area (Å²) in [6, 6.07) is 0.158. The van der Waals surface area contributed by atoms with Crippen molar-refractivity contribution in [3.8, 4) is 0 Å². The van der Waals surface area contributed by atoms with Gasteiger partial charge in [-0.3, -0.25) is 0 Å². The molecule has 0 heterocycles. The molecule has 0 spiro atoms. The van der Waals surface area contributed by atoms with Gasteiger partial charge in [-0.05, 0) is 12.8 Å². The maximum absolute atomic E-state index is 10.1. The van der Waals surface area contributed by atoms with Crippen molar-refractivity contribution in [2.45, 2.75) is 25.8 Å². The van der Waals surface area contributed by atoms with Crippen LogP contribution in [0, 0.1) is 0 Å². The van der Waals surface area contributed by atoms with Crippen molar-refractivity contribution in [1.29, 1.82) is 0 Å². The Morgan fingerprint density at radius 1 is 1.67 bits per heavy atom. The number of carboxylic acid groups (broad SMARTS) is 1. The first-order valence-electron chi connectivity index (χ1n) is 3.97. The minimum atomic E-state index is -0.971. The van der Waals surface area contributed by atoms with Crippen molar-refractivity contribution in [2.75, 3.05) is 6.61 Å². The molecular formula is C8H15NO3. The van der Waals surface area contributed by atoms with Gasteiger partial charge in [-0.25, -0.2) is 4.79 Å². The van der Waals surface area contributed by atoms with Gasteiger partial charge in [0, 0.05) is 24.9 Å². The Morgan fingerprint density at radius 3 is 2.75 bits per heavy atom. The van der Waals surface area contributed by atoms with Gasteiger partial charge in [-0.15, -0.1) is 0 Å². The molecule has 0 aliphatic rings. The summed E-state index contributed by atoms with van der Waals surface area (Å²) < 4.78 is 0. The summed E-state index contributed by atoms with van der Waals surface area (Å²) in [7, 11) is 0. The molecule has 0 aromatic carbocycles. The van der Waals surface area contributed by atoms with Crippen LogP contribution in [0.25, 0.3) is 0 Å². The van der Waals surface area contributed by atoms with E-state index in [2.05, 4.69) is 5.32 Å². The Hall–Kier alpha value is -1.03. The van der Waals surface area contributed by atoms with Crippen molar-refractivity contribution in [1.82, 2.24) is 5.32 Å². The summed E-state index contributed by atoms with van der Waals surface area (Å²) in [4.78, 5) is 10.1. The van der Waals surface area contributed by atoms with E-state index in [9.17, 15) is 4.79 Å². The highest BCUT2D eigenvalue weighted by Crippen LogP contribution is 1.95. The van der Waals surface area contributed by atoms with E-state index in [-0.39, 0.29) is 12.6 Å². The fourth-order valence-corrected chi connectivity index (χ4v) is 0.817. The third kappa shape index (κ3) is 5.73. The molecule has 4 heteroatoms. The second-order valence-corrected chi connectivity index (χ2v) is 2.46. The molecule has 0 saturated heterocycles. The SMILES string of the molecule is CCC(CCO)N/C=C/C(=O)O. The normalized spacial score (nSPS) is 13.2. The molecule has 0 aromatic heterocycles. The number of rotatable bonds is 6. The van der Waals surface area contributed by atoms with Gasteiger partial charge in [0.15, 0.2) is 0 Å². The fourth-order valence-electron chi connectivity index (χ4n) is 0.817. The van der Waals surface area contributed by atoms with Crippen molar-refractivity contribution < 1.29 is 15.0 Å². The topological polar surface area (TPSA) is 69.6 Å². The zero-order chi connectivity index (χ0) is 9.40. The number of carboxylic acids is 1. The minimum Gasteiger partial charge on any atom is -0.478 e. The number of carbonyl (C=O) groups is 1. The summed E-state index contributed by atoms with van der Waals surface area (Å²) >= 11 is 0. The summed E-state index contributed by atoms with van der Waals surface area (Å²) in [5.41, 5.74) is 0. The molecule has 1 unspecified atom stereocenters. The molecule has 4 nitrogen and oxygen atoms in total. The van der Waals surface area contributed by atoms with E-state index in [0.717, 1.165) is 12.5 Å². The van der Waals surface area contributed by atoms with Crippen molar-refractivity contribution in [2.24, 2.45) is 0 Å². The lowest BCUT2D eigenvalue weighted by Crippen LogP contribution is -2.24. The van der Waals surface area contributed by atoms with E-state index in [1.807, 2.05) is 6.92 Å². The predicted octanol–water partition coefficient (Wildman–Crippen LogP) is 0.335. The summed E-state index contributed by atoms with van der Waals surface area (Å²) in [6.07, 6.45) is 3.94. The van der Waals surface area contributed by atoms with Crippen molar-refractivity contribution in [3.63, 3.8) is 0 Å². The summed E-state index contributed by atoms with van der Waals surface area (Å²) in [5, 5.41) is 19.7. The van der Waals surface area contributed by atoms with Crippen LogP contribution >= 0.6 is 0 Å². The summed E-state index contributed by atoms with van der Waals surface area (Å²) in [5.74, 6) is -0.971. The van der Waals surface area contributed by atoms with Gasteiger partial charge in [0.1, 0.15) is 0 Å². The molecule has 1 atom stereocenters. The molecule has 12 heavy (non-hydrogen) atoms. The number of nitrogens with one attached hydrogen (secondary N) is 1. The number of aliphatic carboxylic acids is 1. The highest BCUT2D eigenvalue weighted by Gasteiger charge is 2.00. The van der Waals surface area contributed by atoms with E-state index >= 15 is 0 Å². The average Bonchev–Trinajstić information content (AvgIpc) is 2.02. The standard InChI is InChI=1S/C8H15NO3/c1-2-7(4-6-10)9-5-3-8(11)12/h3,5,7,9-10H,2,4,6H2,1H3,(H,11,12)/b5-3+. The van der Waals surface area contributed by atoms with Crippen molar-refractivity contribution >= 4 is 5.97 Å². The Bertz CT molecular complexity index is 156. The van der Waals surface area contributed by atoms with Crippen molar-refractivity contribution in [3.05, 3.63) is 12.3 Å². The lowest BCUT2D eigenvalue weighted by Gasteiger charge is -2.12. The number of aliphatic hydroxyl groups is 1.